The first-order valence-electron chi connectivity index (χ1n) is 9.02. The first-order valence-corrected chi connectivity index (χ1v) is 9.02. The van der Waals surface area contributed by atoms with Crippen molar-refractivity contribution in [3.63, 3.8) is 0 Å². The summed E-state index contributed by atoms with van der Waals surface area (Å²) < 4.78 is 4.70. The van der Waals surface area contributed by atoms with E-state index in [2.05, 4.69) is 22.8 Å². The third kappa shape index (κ3) is 6.29. The van der Waals surface area contributed by atoms with Crippen LogP contribution >= 0.6 is 0 Å². The summed E-state index contributed by atoms with van der Waals surface area (Å²) in [6.07, 6.45) is 4.31. The third-order valence-electron chi connectivity index (χ3n) is 4.07. The van der Waals surface area contributed by atoms with Gasteiger partial charge in [0.05, 0.1) is 18.4 Å². The van der Waals surface area contributed by atoms with Crippen LogP contribution in [0, 0.1) is 11.3 Å². The number of anilines is 1. The van der Waals surface area contributed by atoms with Gasteiger partial charge in [0.2, 0.25) is 0 Å². The van der Waals surface area contributed by atoms with Crippen molar-refractivity contribution in [3.8, 4) is 6.07 Å². The van der Waals surface area contributed by atoms with E-state index in [0.717, 1.165) is 19.3 Å². The lowest BCUT2D eigenvalue weighted by Gasteiger charge is -2.09. The summed E-state index contributed by atoms with van der Waals surface area (Å²) in [7, 11) is 1.27. The number of amides is 1. The van der Waals surface area contributed by atoms with Crippen LogP contribution in [0.15, 0.2) is 66.4 Å². The molecule has 0 heterocycles. The Hall–Kier alpha value is -3.59. The van der Waals surface area contributed by atoms with E-state index in [4.69, 9.17) is 4.74 Å². The zero-order chi connectivity index (χ0) is 20.2. The number of aryl methyl sites for hydroxylation is 1. The van der Waals surface area contributed by atoms with Gasteiger partial charge in [0.1, 0.15) is 11.6 Å². The molecular weight excluding hydrogens is 354 g/mol. The van der Waals surface area contributed by atoms with Crippen LogP contribution in [0.2, 0.25) is 0 Å². The smallest absolute Gasteiger partial charge is 0.339 e. The Morgan fingerprint density at radius 3 is 2.50 bits per heavy atom. The third-order valence-corrected chi connectivity index (χ3v) is 4.07. The monoisotopic (exact) mass is 377 g/mol. The topological polar surface area (TPSA) is 91.2 Å². The standard InChI is InChI=1S/C22H23N3O3/c1-28-22(27)19-12-5-6-13-20(19)25-21(26)18(15-23)16-24-14-8-7-11-17-9-3-2-4-10-17/h2-6,9-10,12-13,16,24H,7-8,11,14H2,1H3,(H,25,26)/b18-16-. The van der Waals surface area contributed by atoms with Crippen molar-refractivity contribution < 1.29 is 14.3 Å². The molecule has 0 aliphatic carbocycles. The average molecular weight is 377 g/mol. The second-order valence-corrected chi connectivity index (χ2v) is 6.06. The van der Waals surface area contributed by atoms with E-state index >= 15 is 0 Å². The fraction of sp³-hybridized carbons (Fsp3) is 0.227. The van der Waals surface area contributed by atoms with Crippen molar-refractivity contribution in [2.45, 2.75) is 19.3 Å². The first-order chi connectivity index (χ1) is 13.7. The lowest BCUT2D eigenvalue weighted by molar-refractivity contribution is -0.112. The molecule has 0 aromatic heterocycles. The maximum Gasteiger partial charge on any atom is 0.339 e. The van der Waals surface area contributed by atoms with Crippen LogP contribution in [0.25, 0.3) is 0 Å². The summed E-state index contributed by atoms with van der Waals surface area (Å²) >= 11 is 0. The zero-order valence-electron chi connectivity index (χ0n) is 15.8. The molecule has 144 valence electrons. The molecule has 0 spiro atoms. The van der Waals surface area contributed by atoms with Crippen molar-refractivity contribution in [1.82, 2.24) is 5.32 Å². The Kier molecular flexibility index (Phi) is 8.28. The predicted molar refractivity (Wildman–Crippen MR) is 107 cm³/mol. The molecule has 2 aromatic carbocycles. The van der Waals surface area contributed by atoms with Crippen LogP contribution in [-0.4, -0.2) is 25.5 Å². The molecule has 0 saturated carbocycles. The van der Waals surface area contributed by atoms with Gasteiger partial charge in [0, 0.05) is 12.7 Å². The van der Waals surface area contributed by atoms with Gasteiger partial charge >= 0.3 is 5.97 Å². The Labute approximate surface area is 164 Å². The number of esters is 1. The van der Waals surface area contributed by atoms with Crippen LogP contribution in [0.4, 0.5) is 5.69 Å². The van der Waals surface area contributed by atoms with Gasteiger partial charge in [-0.15, -0.1) is 0 Å². The highest BCUT2D eigenvalue weighted by Crippen LogP contribution is 2.16. The van der Waals surface area contributed by atoms with Gasteiger partial charge in [-0.3, -0.25) is 4.79 Å². The fourth-order valence-corrected chi connectivity index (χ4v) is 2.59. The molecule has 1 amide bonds. The number of nitriles is 1. The Morgan fingerprint density at radius 1 is 1.07 bits per heavy atom. The predicted octanol–water partition coefficient (Wildman–Crippen LogP) is 3.43. The Balaban J connectivity index is 1.84. The molecule has 0 aliphatic heterocycles. The van der Waals surface area contributed by atoms with Gasteiger partial charge in [-0.1, -0.05) is 42.5 Å². The lowest BCUT2D eigenvalue weighted by Crippen LogP contribution is -2.19. The molecular formula is C22H23N3O3. The quantitative estimate of drug-likeness (QED) is 0.302. The molecule has 0 bridgehead atoms. The summed E-state index contributed by atoms with van der Waals surface area (Å²) in [6, 6.07) is 18.6. The summed E-state index contributed by atoms with van der Waals surface area (Å²) in [5.74, 6) is -1.15. The number of hydrogen-bond acceptors (Lipinski definition) is 5. The summed E-state index contributed by atoms with van der Waals surface area (Å²) in [4.78, 5) is 24.1. The number of rotatable bonds is 9. The van der Waals surface area contributed by atoms with Gasteiger partial charge in [0.15, 0.2) is 0 Å². The molecule has 0 fully saturated rings. The van der Waals surface area contributed by atoms with Crippen LogP contribution in [0.3, 0.4) is 0 Å². The average Bonchev–Trinajstić information content (AvgIpc) is 2.73. The molecule has 2 aromatic rings. The number of carbonyl (C=O) groups is 2. The van der Waals surface area contributed by atoms with Crippen LogP contribution < -0.4 is 10.6 Å². The Morgan fingerprint density at radius 2 is 1.79 bits per heavy atom. The van der Waals surface area contributed by atoms with E-state index in [1.54, 1.807) is 24.3 Å². The number of nitrogens with zero attached hydrogens (tertiary/aromatic N) is 1. The molecule has 0 saturated heterocycles. The first kappa shape index (κ1) is 20.7. The van der Waals surface area contributed by atoms with Gasteiger partial charge in [-0.25, -0.2) is 4.79 Å². The molecule has 0 aliphatic rings. The highest BCUT2D eigenvalue weighted by atomic mass is 16.5. The lowest BCUT2D eigenvalue weighted by atomic mass is 10.1. The number of ether oxygens (including phenoxy) is 1. The highest BCUT2D eigenvalue weighted by molar-refractivity contribution is 6.09. The molecule has 0 atom stereocenters. The number of hydrogen-bond donors (Lipinski definition) is 2. The number of unbranched alkanes of at least 4 members (excludes halogenated alkanes) is 1. The number of carbonyl (C=O) groups excluding carboxylic acids is 2. The summed E-state index contributed by atoms with van der Waals surface area (Å²) in [6.45, 7) is 0.657. The molecule has 0 radical (unpaired) electrons. The second-order valence-electron chi connectivity index (χ2n) is 6.06. The van der Waals surface area contributed by atoms with Crippen molar-refractivity contribution >= 4 is 17.6 Å². The van der Waals surface area contributed by atoms with Crippen molar-refractivity contribution in [1.29, 1.82) is 5.26 Å². The summed E-state index contributed by atoms with van der Waals surface area (Å²) in [5, 5.41) is 14.8. The molecule has 2 N–H and O–H groups in total. The largest absolute Gasteiger partial charge is 0.465 e. The maximum absolute atomic E-state index is 12.3. The number of nitrogens with one attached hydrogen (secondary N) is 2. The van der Waals surface area contributed by atoms with Crippen LogP contribution in [0.5, 0.6) is 0 Å². The van der Waals surface area contributed by atoms with Gasteiger partial charge in [0.25, 0.3) is 5.91 Å². The number of benzene rings is 2. The Bertz CT molecular complexity index is 870. The van der Waals surface area contributed by atoms with E-state index in [9.17, 15) is 14.9 Å². The van der Waals surface area contributed by atoms with Crippen LogP contribution in [0.1, 0.15) is 28.8 Å². The maximum atomic E-state index is 12.3. The minimum Gasteiger partial charge on any atom is -0.465 e. The number of methoxy groups -OCH3 is 1. The zero-order valence-corrected chi connectivity index (χ0v) is 15.8. The normalized spacial score (nSPS) is 10.6. The van der Waals surface area contributed by atoms with Crippen LogP contribution in [-0.2, 0) is 16.0 Å². The minimum atomic E-state index is -0.587. The molecule has 28 heavy (non-hydrogen) atoms. The minimum absolute atomic E-state index is 0.0669. The molecule has 6 heteroatoms. The van der Waals surface area contributed by atoms with E-state index in [1.165, 1.54) is 18.9 Å². The summed E-state index contributed by atoms with van der Waals surface area (Å²) in [5.41, 5.74) is 1.75. The second kappa shape index (κ2) is 11.2. The molecule has 0 unspecified atom stereocenters. The number of para-hydroxylation sites is 1. The van der Waals surface area contributed by atoms with Gasteiger partial charge in [-0.05, 0) is 37.0 Å². The van der Waals surface area contributed by atoms with Crippen molar-refractivity contribution in [3.05, 3.63) is 77.5 Å². The van der Waals surface area contributed by atoms with E-state index in [1.807, 2.05) is 24.3 Å². The van der Waals surface area contributed by atoms with Crippen molar-refractivity contribution in [2.75, 3.05) is 19.0 Å². The molecule has 2 rings (SSSR count). The molecule has 6 nitrogen and oxygen atoms in total. The van der Waals surface area contributed by atoms with Crippen molar-refractivity contribution in [2.24, 2.45) is 0 Å². The fourth-order valence-electron chi connectivity index (χ4n) is 2.59. The van der Waals surface area contributed by atoms with E-state index < -0.39 is 11.9 Å². The van der Waals surface area contributed by atoms with E-state index in [0.29, 0.717) is 12.2 Å². The van der Waals surface area contributed by atoms with E-state index in [-0.39, 0.29) is 11.1 Å². The van der Waals surface area contributed by atoms with Gasteiger partial charge < -0.3 is 15.4 Å². The van der Waals surface area contributed by atoms with Gasteiger partial charge in [-0.2, -0.15) is 5.26 Å². The SMILES string of the molecule is COC(=O)c1ccccc1NC(=O)/C(C#N)=C\NCCCCc1ccccc1. The highest BCUT2D eigenvalue weighted by Gasteiger charge is 2.15.